The van der Waals surface area contributed by atoms with Crippen molar-refractivity contribution in [2.24, 2.45) is 23.9 Å². The normalized spacial score (nSPS) is 29.0. The van der Waals surface area contributed by atoms with Crippen LogP contribution in [0.15, 0.2) is 17.4 Å². The molecule has 3 atom stereocenters. The summed E-state index contributed by atoms with van der Waals surface area (Å²) >= 11 is 0. The Balaban J connectivity index is 1.48. The average molecular weight is 303 g/mol. The van der Waals surface area contributed by atoms with Gasteiger partial charge in [-0.15, -0.1) is 0 Å². The largest absolute Gasteiger partial charge is 0.354 e. The van der Waals surface area contributed by atoms with E-state index in [-0.39, 0.29) is 0 Å². The lowest BCUT2D eigenvalue weighted by atomic mass is 9.69. The maximum Gasteiger partial charge on any atom is 0.191 e. The second-order valence-electron chi connectivity index (χ2n) is 6.91. The molecule has 0 bridgehead atoms. The van der Waals surface area contributed by atoms with Gasteiger partial charge in [-0.2, -0.15) is 5.10 Å². The fourth-order valence-corrected chi connectivity index (χ4v) is 4.14. The Morgan fingerprint density at radius 1 is 1.27 bits per heavy atom. The summed E-state index contributed by atoms with van der Waals surface area (Å²) < 4.78 is 1.83. The molecule has 1 aromatic heterocycles. The predicted octanol–water partition coefficient (Wildman–Crippen LogP) is 2.44. The number of aryl methyl sites for hydroxylation is 1. The molecule has 3 unspecified atom stereocenters. The van der Waals surface area contributed by atoms with E-state index in [1.54, 1.807) is 0 Å². The molecule has 5 nitrogen and oxygen atoms in total. The quantitative estimate of drug-likeness (QED) is 0.666. The molecule has 3 rings (SSSR count). The molecule has 0 aliphatic heterocycles. The Morgan fingerprint density at radius 2 is 2.09 bits per heavy atom. The number of aliphatic imine (C=N–C) groups is 1. The fourth-order valence-electron chi connectivity index (χ4n) is 4.14. The smallest absolute Gasteiger partial charge is 0.191 e. The van der Waals surface area contributed by atoms with Gasteiger partial charge in [0.25, 0.3) is 0 Å². The van der Waals surface area contributed by atoms with E-state index in [0.29, 0.717) is 6.04 Å². The van der Waals surface area contributed by atoms with E-state index < -0.39 is 0 Å². The molecular formula is C17H29N5. The highest BCUT2D eigenvalue weighted by Crippen LogP contribution is 2.40. The molecule has 0 amide bonds. The summed E-state index contributed by atoms with van der Waals surface area (Å²) in [6, 6.07) is 0.583. The van der Waals surface area contributed by atoms with Gasteiger partial charge in [0.2, 0.25) is 0 Å². The molecule has 0 spiro atoms. The van der Waals surface area contributed by atoms with Gasteiger partial charge in [0.1, 0.15) is 0 Å². The van der Waals surface area contributed by atoms with Crippen LogP contribution in [0.3, 0.4) is 0 Å². The number of hydrogen-bond acceptors (Lipinski definition) is 2. The average Bonchev–Trinajstić information content (AvgIpc) is 2.96. The van der Waals surface area contributed by atoms with Crippen molar-refractivity contribution in [1.29, 1.82) is 0 Å². The van der Waals surface area contributed by atoms with Gasteiger partial charge in [-0.25, -0.2) is 0 Å². The zero-order valence-corrected chi connectivity index (χ0v) is 13.9. The number of nitrogens with zero attached hydrogens (tertiary/aromatic N) is 3. The highest BCUT2D eigenvalue weighted by atomic mass is 15.2. The summed E-state index contributed by atoms with van der Waals surface area (Å²) in [5.41, 5.74) is 1.18. The van der Waals surface area contributed by atoms with Gasteiger partial charge in [0, 0.05) is 38.4 Å². The Morgan fingerprint density at radius 3 is 2.82 bits per heavy atom. The van der Waals surface area contributed by atoms with Crippen LogP contribution in [-0.4, -0.2) is 28.8 Å². The first-order valence-electron chi connectivity index (χ1n) is 8.69. The first kappa shape index (κ1) is 15.4. The molecular weight excluding hydrogens is 274 g/mol. The van der Waals surface area contributed by atoms with E-state index in [1.807, 2.05) is 31.2 Å². The number of fused-ring (bicyclic) bond motifs is 1. The number of hydrogen-bond donors (Lipinski definition) is 2. The van der Waals surface area contributed by atoms with E-state index in [0.717, 1.165) is 24.3 Å². The number of nitrogens with one attached hydrogen (secondary N) is 2. The maximum atomic E-state index is 4.38. The number of guanidine groups is 1. The van der Waals surface area contributed by atoms with Crippen LogP contribution in [-0.2, 0) is 13.6 Å². The first-order chi connectivity index (χ1) is 10.7. The highest BCUT2D eigenvalue weighted by molar-refractivity contribution is 5.79. The van der Waals surface area contributed by atoms with Crippen LogP contribution in [0, 0.1) is 11.8 Å². The lowest BCUT2D eigenvalue weighted by Gasteiger charge is -2.39. The molecule has 0 saturated heterocycles. The minimum atomic E-state index is 0.583. The van der Waals surface area contributed by atoms with Gasteiger partial charge < -0.3 is 10.6 Å². The van der Waals surface area contributed by atoms with E-state index >= 15 is 0 Å². The van der Waals surface area contributed by atoms with Crippen molar-refractivity contribution in [3.63, 3.8) is 0 Å². The van der Waals surface area contributed by atoms with Gasteiger partial charge in [0.15, 0.2) is 5.96 Å². The van der Waals surface area contributed by atoms with Crippen LogP contribution in [0.25, 0.3) is 0 Å². The lowest BCUT2D eigenvalue weighted by Crippen LogP contribution is -2.46. The molecule has 2 aliphatic rings. The zero-order valence-electron chi connectivity index (χ0n) is 13.9. The van der Waals surface area contributed by atoms with Crippen molar-refractivity contribution in [2.75, 3.05) is 7.05 Å². The van der Waals surface area contributed by atoms with Crippen LogP contribution >= 0.6 is 0 Å². The topological polar surface area (TPSA) is 54.2 Å². The zero-order chi connectivity index (χ0) is 15.4. The van der Waals surface area contributed by atoms with Crippen molar-refractivity contribution < 1.29 is 0 Å². The summed E-state index contributed by atoms with van der Waals surface area (Å²) in [6.45, 7) is 0.770. The SMILES string of the molecule is CN=C(NCc1cnn(C)c1)NC1CCC2CCCCC2C1. The third-order valence-electron chi connectivity index (χ3n) is 5.32. The summed E-state index contributed by atoms with van der Waals surface area (Å²) in [6.07, 6.45) is 13.7. The van der Waals surface area contributed by atoms with Gasteiger partial charge in [-0.1, -0.05) is 25.7 Å². The minimum absolute atomic E-state index is 0.583. The van der Waals surface area contributed by atoms with Crippen molar-refractivity contribution in [2.45, 2.75) is 57.5 Å². The predicted molar refractivity (Wildman–Crippen MR) is 89.6 cm³/mol. The molecule has 2 aliphatic carbocycles. The molecule has 5 heteroatoms. The number of rotatable bonds is 3. The third-order valence-corrected chi connectivity index (χ3v) is 5.32. The van der Waals surface area contributed by atoms with Crippen LogP contribution < -0.4 is 10.6 Å². The summed E-state index contributed by atoms with van der Waals surface area (Å²) in [5, 5.41) is 11.2. The van der Waals surface area contributed by atoms with Crippen molar-refractivity contribution in [3.8, 4) is 0 Å². The van der Waals surface area contributed by atoms with Crippen LogP contribution in [0.5, 0.6) is 0 Å². The van der Waals surface area contributed by atoms with Crippen LogP contribution in [0.2, 0.25) is 0 Å². The summed E-state index contributed by atoms with van der Waals surface area (Å²) in [4.78, 5) is 4.38. The van der Waals surface area contributed by atoms with E-state index in [2.05, 4.69) is 20.7 Å². The number of aromatic nitrogens is 2. The molecule has 2 saturated carbocycles. The van der Waals surface area contributed by atoms with E-state index in [4.69, 9.17) is 0 Å². The van der Waals surface area contributed by atoms with E-state index in [1.165, 1.54) is 50.5 Å². The summed E-state index contributed by atoms with van der Waals surface area (Å²) in [5.74, 6) is 2.86. The van der Waals surface area contributed by atoms with Gasteiger partial charge in [-0.3, -0.25) is 9.67 Å². The Labute approximate surface area is 133 Å². The second-order valence-corrected chi connectivity index (χ2v) is 6.91. The van der Waals surface area contributed by atoms with Gasteiger partial charge >= 0.3 is 0 Å². The summed E-state index contributed by atoms with van der Waals surface area (Å²) in [7, 11) is 3.80. The Hall–Kier alpha value is -1.52. The standard InChI is InChI=1S/C17H29N5/c1-18-17(19-10-13-11-20-22(2)12-13)21-16-8-7-14-5-3-4-6-15(14)9-16/h11-12,14-16H,3-10H2,1-2H3,(H2,18,19,21). The van der Waals surface area contributed by atoms with Gasteiger partial charge in [-0.05, 0) is 31.1 Å². The van der Waals surface area contributed by atoms with Crippen molar-refractivity contribution in [1.82, 2.24) is 20.4 Å². The molecule has 2 fully saturated rings. The maximum absolute atomic E-state index is 4.38. The third kappa shape index (κ3) is 3.81. The second kappa shape index (κ2) is 7.16. The Kier molecular flexibility index (Phi) is 5.01. The molecule has 1 heterocycles. The molecule has 2 N–H and O–H groups in total. The highest BCUT2D eigenvalue weighted by Gasteiger charge is 2.32. The lowest BCUT2D eigenvalue weighted by molar-refractivity contribution is 0.150. The molecule has 0 aromatic carbocycles. The molecule has 22 heavy (non-hydrogen) atoms. The monoisotopic (exact) mass is 303 g/mol. The Bertz CT molecular complexity index is 507. The van der Waals surface area contributed by atoms with Gasteiger partial charge in [0.05, 0.1) is 6.20 Å². The van der Waals surface area contributed by atoms with Crippen molar-refractivity contribution in [3.05, 3.63) is 18.0 Å². The van der Waals surface area contributed by atoms with Crippen molar-refractivity contribution >= 4 is 5.96 Å². The first-order valence-corrected chi connectivity index (χ1v) is 8.69. The molecule has 0 radical (unpaired) electrons. The van der Waals surface area contributed by atoms with Crippen LogP contribution in [0.1, 0.15) is 50.5 Å². The molecule has 1 aromatic rings. The fraction of sp³-hybridized carbons (Fsp3) is 0.765. The van der Waals surface area contributed by atoms with Crippen LogP contribution in [0.4, 0.5) is 0 Å². The minimum Gasteiger partial charge on any atom is -0.354 e. The molecule has 122 valence electrons. The van der Waals surface area contributed by atoms with E-state index in [9.17, 15) is 0 Å².